The summed E-state index contributed by atoms with van der Waals surface area (Å²) < 4.78 is 15.6. The van der Waals surface area contributed by atoms with E-state index in [1.807, 2.05) is 12.1 Å². The van der Waals surface area contributed by atoms with E-state index in [9.17, 15) is 0 Å². The van der Waals surface area contributed by atoms with Gasteiger partial charge in [0.05, 0.1) is 0 Å². The van der Waals surface area contributed by atoms with Crippen LogP contribution in [0.2, 0.25) is 0 Å². The van der Waals surface area contributed by atoms with Crippen LogP contribution in [0.25, 0.3) is 0 Å². The Morgan fingerprint density at radius 2 is 2.12 bits per heavy atom. The van der Waals surface area contributed by atoms with Crippen molar-refractivity contribution >= 4 is 0 Å². The molecule has 0 aliphatic carbocycles. The third-order valence-electron chi connectivity index (χ3n) is 2.72. The largest absolute Gasteiger partial charge is 0.454 e. The van der Waals surface area contributed by atoms with Gasteiger partial charge in [-0.1, -0.05) is 6.07 Å². The molecule has 4 heteroatoms. The quantitative estimate of drug-likeness (QED) is 0.736. The average Bonchev–Trinajstić information content (AvgIpc) is 2.81. The fourth-order valence-electron chi connectivity index (χ4n) is 1.78. The van der Waals surface area contributed by atoms with Crippen LogP contribution in [0.4, 0.5) is 0 Å². The summed E-state index contributed by atoms with van der Waals surface area (Å²) in [5, 5.41) is 3.40. The molecule has 0 fully saturated rings. The molecule has 17 heavy (non-hydrogen) atoms. The zero-order valence-corrected chi connectivity index (χ0v) is 10.2. The first-order chi connectivity index (χ1) is 8.40. The molecule has 1 aromatic rings. The molecule has 0 saturated heterocycles. The van der Waals surface area contributed by atoms with E-state index < -0.39 is 0 Å². The Balaban J connectivity index is 1.69. The van der Waals surface area contributed by atoms with Gasteiger partial charge >= 0.3 is 0 Å². The summed E-state index contributed by atoms with van der Waals surface area (Å²) in [7, 11) is 1.74. The highest BCUT2D eigenvalue weighted by molar-refractivity contribution is 5.44. The van der Waals surface area contributed by atoms with Gasteiger partial charge in [0, 0.05) is 20.3 Å². The summed E-state index contributed by atoms with van der Waals surface area (Å²) in [5.41, 5.74) is 1.22. The van der Waals surface area contributed by atoms with E-state index in [0.29, 0.717) is 6.79 Å². The normalized spacial score (nSPS) is 13.0. The molecule has 0 radical (unpaired) electrons. The number of nitrogens with one attached hydrogen (secondary N) is 1. The topological polar surface area (TPSA) is 39.7 Å². The minimum absolute atomic E-state index is 0.337. The molecule has 0 unspecified atom stereocenters. The Morgan fingerprint density at radius 1 is 1.24 bits per heavy atom. The van der Waals surface area contributed by atoms with E-state index in [-0.39, 0.29) is 0 Å². The lowest BCUT2D eigenvalue weighted by Gasteiger charge is -2.05. The van der Waals surface area contributed by atoms with E-state index in [4.69, 9.17) is 14.2 Å². The van der Waals surface area contributed by atoms with Gasteiger partial charge in [0.25, 0.3) is 0 Å². The molecule has 0 spiro atoms. The molecule has 1 aliphatic rings. The van der Waals surface area contributed by atoms with Gasteiger partial charge < -0.3 is 19.5 Å². The van der Waals surface area contributed by atoms with Crippen molar-refractivity contribution < 1.29 is 14.2 Å². The van der Waals surface area contributed by atoms with Gasteiger partial charge in [-0.2, -0.15) is 0 Å². The van der Waals surface area contributed by atoms with E-state index in [1.54, 1.807) is 7.11 Å². The second-order valence-electron chi connectivity index (χ2n) is 4.06. The number of benzene rings is 1. The van der Waals surface area contributed by atoms with E-state index in [1.165, 1.54) is 5.56 Å². The molecule has 2 rings (SSSR count). The highest BCUT2D eigenvalue weighted by Gasteiger charge is 2.12. The first-order valence-electron chi connectivity index (χ1n) is 5.98. The second kappa shape index (κ2) is 6.47. The van der Waals surface area contributed by atoms with Crippen LogP contribution in [-0.4, -0.2) is 27.1 Å². The van der Waals surface area contributed by atoms with Gasteiger partial charge in [0.15, 0.2) is 11.5 Å². The third-order valence-corrected chi connectivity index (χ3v) is 2.72. The van der Waals surface area contributed by atoms with Crippen LogP contribution in [-0.2, 0) is 11.3 Å². The Bertz CT molecular complexity index is 355. The van der Waals surface area contributed by atoms with E-state index in [0.717, 1.165) is 44.0 Å². The number of rotatable bonds is 7. The van der Waals surface area contributed by atoms with Gasteiger partial charge in [0.2, 0.25) is 6.79 Å². The molecule has 0 aromatic heterocycles. The van der Waals surface area contributed by atoms with Crippen molar-refractivity contribution in [2.45, 2.75) is 19.4 Å². The first-order valence-corrected chi connectivity index (χ1v) is 5.98. The highest BCUT2D eigenvalue weighted by atomic mass is 16.7. The Hall–Kier alpha value is -1.26. The van der Waals surface area contributed by atoms with Gasteiger partial charge in [0.1, 0.15) is 0 Å². The van der Waals surface area contributed by atoms with Crippen molar-refractivity contribution in [1.82, 2.24) is 5.32 Å². The summed E-state index contributed by atoms with van der Waals surface area (Å²) in [6.07, 6.45) is 2.24. The van der Waals surface area contributed by atoms with Crippen molar-refractivity contribution in [3.63, 3.8) is 0 Å². The molecule has 0 saturated carbocycles. The number of hydrogen-bond acceptors (Lipinski definition) is 4. The predicted octanol–water partition coefficient (Wildman–Crippen LogP) is 1.93. The van der Waals surface area contributed by atoms with Gasteiger partial charge in [-0.05, 0) is 37.1 Å². The molecule has 0 atom stereocenters. The summed E-state index contributed by atoms with van der Waals surface area (Å²) in [5.74, 6) is 1.69. The van der Waals surface area contributed by atoms with Crippen LogP contribution in [0.1, 0.15) is 18.4 Å². The Morgan fingerprint density at radius 3 is 3.00 bits per heavy atom. The van der Waals surface area contributed by atoms with Crippen LogP contribution in [0.3, 0.4) is 0 Å². The predicted molar refractivity (Wildman–Crippen MR) is 65.4 cm³/mol. The van der Waals surface area contributed by atoms with Crippen molar-refractivity contribution in [3.05, 3.63) is 23.8 Å². The zero-order valence-electron chi connectivity index (χ0n) is 10.2. The SMILES string of the molecule is COCCCCNCc1ccc2c(c1)OCO2. The maximum atomic E-state index is 5.33. The van der Waals surface area contributed by atoms with E-state index >= 15 is 0 Å². The minimum Gasteiger partial charge on any atom is -0.454 e. The first kappa shape index (κ1) is 12.2. The van der Waals surface area contributed by atoms with E-state index in [2.05, 4.69) is 11.4 Å². The number of hydrogen-bond donors (Lipinski definition) is 1. The van der Waals surface area contributed by atoms with Crippen molar-refractivity contribution in [1.29, 1.82) is 0 Å². The number of unbranched alkanes of at least 4 members (excludes halogenated alkanes) is 1. The summed E-state index contributed by atoms with van der Waals surface area (Å²) in [4.78, 5) is 0. The third kappa shape index (κ3) is 3.61. The van der Waals surface area contributed by atoms with Gasteiger partial charge in [-0.15, -0.1) is 0 Å². The molecule has 1 heterocycles. The molecule has 1 N–H and O–H groups in total. The van der Waals surface area contributed by atoms with Gasteiger partial charge in [-0.3, -0.25) is 0 Å². The fourth-order valence-corrected chi connectivity index (χ4v) is 1.78. The summed E-state index contributed by atoms with van der Waals surface area (Å²) in [6, 6.07) is 6.06. The van der Waals surface area contributed by atoms with Crippen LogP contribution in [0, 0.1) is 0 Å². The number of methoxy groups -OCH3 is 1. The van der Waals surface area contributed by atoms with Crippen LogP contribution >= 0.6 is 0 Å². The standard InChI is InChI=1S/C13H19NO3/c1-15-7-3-2-6-14-9-11-4-5-12-13(8-11)17-10-16-12/h4-5,8,14H,2-3,6-7,9-10H2,1H3. The van der Waals surface area contributed by atoms with Crippen molar-refractivity contribution in [3.8, 4) is 11.5 Å². The number of ether oxygens (including phenoxy) is 3. The summed E-state index contributed by atoms with van der Waals surface area (Å²) in [6.45, 7) is 3.05. The minimum atomic E-state index is 0.337. The molecule has 0 amide bonds. The lowest BCUT2D eigenvalue weighted by Crippen LogP contribution is -2.15. The second-order valence-corrected chi connectivity index (χ2v) is 4.06. The Labute approximate surface area is 102 Å². The van der Waals surface area contributed by atoms with Crippen molar-refractivity contribution in [2.24, 2.45) is 0 Å². The lowest BCUT2D eigenvalue weighted by molar-refractivity contribution is 0.174. The molecule has 4 nitrogen and oxygen atoms in total. The van der Waals surface area contributed by atoms with Crippen molar-refractivity contribution in [2.75, 3.05) is 27.1 Å². The van der Waals surface area contributed by atoms with Gasteiger partial charge in [-0.25, -0.2) is 0 Å². The zero-order chi connectivity index (χ0) is 11.9. The Kier molecular flexibility index (Phi) is 4.64. The lowest BCUT2D eigenvalue weighted by atomic mass is 10.2. The molecule has 94 valence electrons. The molecule has 1 aliphatic heterocycles. The molecular formula is C13H19NO3. The summed E-state index contributed by atoms with van der Waals surface area (Å²) >= 11 is 0. The molecule has 0 bridgehead atoms. The fraction of sp³-hybridized carbons (Fsp3) is 0.538. The van der Waals surface area contributed by atoms with Crippen LogP contribution < -0.4 is 14.8 Å². The highest BCUT2D eigenvalue weighted by Crippen LogP contribution is 2.32. The van der Waals surface area contributed by atoms with Crippen LogP contribution in [0.15, 0.2) is 18.2 Å². The van der Waals surface area contributed by atoms with Crippen LogP contribution in [0.5, 0.6) is 11.5 Å². The maximum Gasteiger partial charge on any atom is 0.231 e. The number of fused-ring (bicyclic) bond motifs is 1. The smallest absolute Gasteiger partial charge is 0.231 e. The molecular weight excluding hydrogens is 218 g/mol. The monoisotopic (exact) mass is 237 g/mol. The molecule has 1 aromatic carbocycles. The maximum absolute atomic E-state index is 5.33. The average molecular weight is 237 g/mol.